The molecule has 3 aliphatic rings. The van der Waals surface area contributed by atoms with E-state index in [4.69, 9.17) is 11.6 Å². The fraction of sp³-hybridized carbons (Fsp3) is 0.444. The van der Waals surface area contributed by atoms with Crippen molar-refractivity contribution in [3.63, 3.8) is 0 Å². The highest BCUT2D eigenvalue weighted by molar-refractivity contribution is 7.15. The van der Waals surface area contributed by atoms with E-state index in [2.05, 4.69) is 34.1 Å². The third kappa shape index (κ3) is 3.09. The van der Waals surface area contributed by atoms with Crippen LogP contribution in [0.4, 0.5) is 0 Å². The van der Waals surface area contributed by atoms with Crippen molar-refractivity contribution in [2.45, 2.75) is 25.4 Å². The van der Waals surface area contributed by atoms with Crippen molar-refractivity contribution >= 4 is 22.9 Å². The third-order valence-electron chi connectivity index (χ3n) is 4.91. The Balaban J connectivity index is 1.50. The predicted molar refractivity (Wildman–Crippen MR) is 94.6 cm³/mol. The molecule has 3 saturated heterocycles. The van der Waals surface area contributed by atoms with E-state index in [0.717, 1.165) is 17.6 Å². The number of thiophene rings is 1. The third-order valence-corrected chi connectivity index (χ3v) is 6.26. The van der Waals surface area contributed by atoms with E-state index < -0.39 is 0 Å². The Morgan fingerprint density at radius 3 is 2.73 bits per heavy atom. The molecule has 5 rings (SSSR count). The predicted octanol–water partition coefficient (Wildman–Crippen LogP) is 4.35. The van der Waals surface area contributed by atoms with Gasteiger partial charge in [0.05, 0.1) is 0 Å². The van der Waals surface area contributed by atoms with Crippen molar-refractivity contribution in [3.8, 4) is 10.4 Å². The lowest BCUT2D eigenvalue weighted by Gasteiger charge is -2.31. The number of halogens is 1. The van der Waals surface area contributed by atoms with Gasteiger partial charge in [-0.2, -0.15) is 0 Å². The van der Waals surface area contributed by atoms with Crippen molar-refractivity contribution in [1.29, 1.82) is 0 Å². The average molecular weight is 333 g/mol. The van der Waals surface area contributed by atoms with E-state index in [1.165, 1.54) is 54.3 Å². The summed E-state index contributed by atoms with van der Waals surface area (Å²) in [6, 6.07) is 13.5. The SMILES string of the molecule is Clc1cccc(-c2ccc(CN3CCN4CCC3CC4)s2)c1. The van der Waals surface area contributed by atoms with Crippen LogP contribution in [0, 0.1) is 0 Å². The van der Waals surface area contributed by atoms with Crippen molar-refractivity contribution < 1.29 is 0 Å². The molecule has 4 heterocycles. The fourth-order valence-corrected chi connectivity index (χ4v) is 4.85. The molecule has 0 spiro atoms. The molecule has 116 valence electrons. The first-order valence-electron chi connectivity index (χ1n) is 8.09. The molecule has 1 aromatic carbocycles. The zero-order chi connectivity index (χ0) is 14.9. The summed E-state index contributed by atoms with van der Waals surface area (Å²) in [6.45, 7) is 6.14. The van der Waals surface area contributed by atoms with Crippen molar-refractivity contribution in [3.05, 3.63) is 46.3 Å². The maximum absolute atomic E-state index is 6.11. The molecule has 3 aliphatic heterocycles. The fourth-order valence-electron chi connectivity index (χ4n) is 3.63. The maximum Gasteiger partial charge on any atom is 0.0412 e. The first kappa shape index (κ1) is 14.7. The summed E-state index contributed by atoms with van der Waals surface area (Å²) in [6.07, 6.45) is 2.68. The molecule has 1 aromatic heterocycles. The lowest BCUT2D eigenvalue weighted by Crippen LogP contribution is -2.37. The van der Waals surface area contributed by atoms with Gasteiger partial charge >= 0.3 is 0 Å². The topological polar surface area (TPSA) is 6.48 Å². The molecule has 0 N–H and O–H groups in total. The summed E-state index contributed by atoms with van der Waals surface area (Å²) in [5, 5.41) is 0.811. The van der Waals surface area contributed by atoms with Gasteiger partial charge in [0.2, 0.25) is 0 Å². The molecule has 2 bridgehead atoms. The minimum absolute atomic E-state index is 0.787. The van der Waals surface area contributed by atoms with Crippen LogP contribution in [-0.2, 0) is 6.54 Å². The average Bonchev–Trinajstić information content (AvgIpc) is 2.83. The summed E-state index contributed by atoms with van der Waals surface area (Å²) in [4.78, 5) is 8.10. The first-order chi connectivity index (χ1) is 10.8. The van der Waals surface area contributed by atoms with Crippen molar-refractivity contribution in [2.75, 3.05) is 26.2 Å². The summed E-state index contributed by atoms with van der Waals surface area (Å²) >= 11 is 8.02. The molecule has 2 nitrogen and oxygen atoms in total. The Morgan fingerprint density at radius 2 is 1.91 bits per heavy atom. The molecule has 0 unspecified atom stereocenters. The van der Waals surface area contributed by atoms with Gasteiger partial charge in [0.25, 0.3) is 0 Å². The second kappa shape index (κ2) is 6.32. The van der Waals surface area contributed by atoms with Gasteiger partial charge in [-0.3, -0.25) is 4.90 Å². The van der Waals surface area contributed by atoms with Crippen LogP contribution in [-0.4, -0.2) is 42.0 Å². The van der Waals surface area contributed by atoms with E-state index in [-0.39, 0.29) is 0 Å². The van der Waals surface area contributed by atoms with Crippen LogP contribution in [0.25, 0.3) is 10.4 Å². The standard InChI is InChI=1S/C18H21ClN2S/c19-15-3-1-2-14(12-15)18-5-4-17(22-18)13-21-11-10-20-8-6-16(21)7-9-20/h1-5,12,16H,6-11,13H2. The molecular formula is C18H21ClN2S. The summed E-state index contributed by atoms with van der Waals surface area (Å²) in [7, 11) is 0. The van der Waals surface area contributed by atoms with E-state index in [1.807, 2.05) is 23.5 Å². The van der Waals surface area contributed by atoms with Crippen LogP contribution in [0.3, 0.4) is 0 Å². The Bertz CT molecular complexity index is 646. The van der Waals surface area contributed by atoms with Gasteiger partial charge in [-0.15, -0.1) is 11.3 Å². The van der Waals surface area contributed by atoms with Crippen LogP contribution < -0.4 is 0 Å². The number of fused-ring (bicyclic) bond motifs is 4. The Kier molecular flexibility index (Phi) is 4.23. The Morgan fingerprint density at radius 1 is 1.05 bits per heavy atom. The molecule has 0 saturated carbocycles. The summed E-state index contributed by atoms with van der Waals surface area (Å²) < 4.78 is 0. The van der Waals surface area contributed by atoms with Gasteiger partial charge in [-0.05, 0) is 55.8 Å². The number of rotatable bonds is 3. The molecule has 22 heavy (non-hydrogen) atoms. The second-order valence-corrected chi connectivity index (χ2v) is 7.92. The smallest absolute Gasteiger partial charge is 0.0412 e. The summed E-state index contributed by atoms with van der Waals surface area (Å²) in [5.41, 5.74) is 1.23. The highest BCUT2D eigenvalue weighted by Gasteiger charge is 2.28. The lowest BCUT2D eigenvalue weighted by atomic mass is 10.1. The Labute approximate surface area is 141 Å². The zero-order valence-electron chi connectivity index (χ0n) is 12.7. The van der Waals surface area contributed by atoms with Gasteiger partial charge < -0.3 is 4.90 Å². The van der Waals surface area contributed by atoms with Crippen LogP contribution in [0.2, 0.25) is 5.02 Å². The maximum atomic E-state index is 6.11. The van der Waals surface area contributed by atoms with Crippen LogP contribution in [0.1, 0.15) is 17.7 Å². The van der Waals surface area contributed by atoms with Crippen LogP contribution in [0.5, 0.6) is 0 Å². The molecule has 3 fully saturated rings. The van der Waals surface area contributed by atoms with Gasteiger partial charge in [-0.25, -0.2) is 0 Å². The molecule has 4 heteroatoms. The number of benzene rings is 1. The van der Waals surface area contributed by atoms with E-state index in [9.17, 15) is 0 Å². The molecule has 0 radical (unpaired) electrons. The first-order valence-corrected chi connectivity index (χ1v) is 9.28. The molecule has 0 aliphatic carbocycles. The second-order valence-electron chi connectivity index (χ2n) is 6.32. The highest BCUT2D eigenvalue weighted by atomic mass is 35.5. The normalized spacial score (nSPS) is 25.3. The van der Waals surface area contributed by atoms with Crippen LogP contribution >= 0.6 is 22.9 Å². The van der Waals surface area contributed by atoms with E-state index in [1.54, 1.807) is 0 Å². The zero-order valence-corrected chi connectivity index (χ0v) is 14.2. The summed E-state index contributed by atoms with van der Waals surface area (Å²) in [5.74, 6) is 0. The molecule has 2 aromatic rings. The molecule has 0 atom stereocenters. The lowest BCUT2D eigenvalue weighted by molar-refractivity contribution is 0.178. The highest BCUT2D eigenvalue weighted by Crippen LogP contribution is 2.31. The monoisotopic (exact) mass is 332 g/mol. The number of nitrogens with zero attached hydrogens (tertiary/aromatic N) is 2. The largest absolute Gasteiger partial charge is 0.302 e. The van der Waals surface area contributed by atoms with E-state index in [0.29, 0.717) is 0 Å². The molecular weight excluding hydrogens is 312 g/mol. The van der Waals surface area contributed by atoms with Gasteiger partial charge in [-0.1, -0.05) is 23.7 Å². The minimum Gasteiger partial charge on any atom is -0.302 e. The van der Waals surface area contributed by atoms with E-state index >= 15 is 0 Å². The number of piperidine rings is 1. The van der Waals surface area contributed by atoms with Crippen LogP contribution in [0.15, 0.2) is 36.4 Å². The number of hydrogen-bond donors (Lipinski definition) is 0. The van der Waals surface area contributed by atoms with Crippen molar-refractivity contribution in [2.24, 2.45) is 0 Å². The quantitative estimate of drug-likeness (QED) is 0.824. The van der Waals surface area contributed by atoms with Gasteiger partial charge in [0.1, 0.15) is 0 Å². The Hall–Kier alpha value is -0.870. The number of hydrogen-bond acceptors (Lipinski definition) is 3. The molecule has 0 amide bonds. The minimum atomic E-state index is 0.787. The van der Waals surface area contributed by atoms with Gasteiger partial charge in [0.15, 0.2) is 0 Å². The van der Waals surface area contributed by atoms with Gasteiger partial charge in [0, 0.05) is 40.5 Å². The van der Waals surface area contributed by atoms with Crippen molar-refractivity contribution in [1.82, 2.24) is 9.80 Å².